The molecule has 5 rings (SSSR count). The van der Waals surface area contributed by atoms with Crippen LogP contribution in [0, 0.1) is 0 Å². The predicted molar refractivity (Wildman–Crippen MR) is 155 cm³/mol. The summed E-state index contributed by atoms with van der Waals surface area (Å²) < 4.78 is 0. The van der Waals surface area contributed by atoms with Gasteiger partial charge in [-0.05, 0) is 46.5 Å². The zero-order valence-corrected chi connectivity index (χ0v) is 21.9. The minimum absolute atomic E-state index is 0.0465. The molecule has 0 aromatic heterocycles. The van der Waals surface area contributed by atoms with Gasteiger partial charge in [0.15, 0.2) is 11.6 Å². The quantitative estimate of drug-likeness (QED) is 0.186. The van der Waals surface area contributed by atoms with E-state index < -0.39 is 11.8 Å². The average Bonchev–Trinajstić information content (AvgIpc) is 2.96. The molecule has 0 saturated heterocycles. The summed E-state index contributed by atoms with van der Waals surface area (Å²) in [4.78, 5) is 27.6. The highest BCUT2D eigenvalue weighted by Crippen LogP contribution is 2.32. The minimum Gasteiger partial charge on any atom is -0.293 e. The first-order valence-electron chi connectivity index (χ1n) is 12.3. The van der Waals surface area contributed by atoms with E-state index in [9.17, 15) is 9.59 Å². The lowest BCUT2D eigenvalue weighted by atomic mass is 9.83. The second kappa shape index (κ2) is 11.6. The molecule has 0 N–H and O–H groups in total. The first kappa shape index (κ1) is 25.7. The molecule has 0 aliphatic carbocycles. The van der Waals surface area contributed by atoms with Crippen molar-refractivity contribution in [2.75, 3.05) is 0 Å². The number of ketones is 2. The van der Waals surface area contributed by atoms with E-state index in [0.29, 0.717) is 21.2 Å². The number of benzene rings is 5. The van der Waals surface area contributed by atoms with Crippen LogP contribution in [0.3, 0.4) is 0 Å². The Morgan fingerprint density at radius 1 is 0.395 bits per heavy atom. The highest BCUT2D eigenvalue weighted by molar-refractivity contribution is 6.30. The summed E-state index contributed by atoms with van der Waals surface area (Å²) in [6.45, 7) is 0. The van der Waals surface area contributed by atoms with Crippen LogP contribution in [0.25, 0.3) is 0 Å². The zero-order chi connectivity index (χ0) is 26.5. The molecular weight excluding hydrogens is 511 g/mol. The van der Waals surface area contributed by atoms with Gasteiger partial charge in [-0.25, -0.2) is 0 Å². The Balaban J connectivity index is 1.48. The molecule has 2 nitrogen and oxygen atoms in total. The predicted octanol–water partition coefficient (Wildman–Crippen LogP) is 9.02. The van der Waals surface area contributed by atoms with Crippen LogP contribution in [-0.2, 0) is 0 Å². The van der Waals surface area contributed by atoms with Crippen molar-refractivity contribution in [1.29, 1.82) is 0 Å². The van der Waals surface area contributed by atoms with Crippen molar-refractivity contribution < 1.29 is 9.59 Å². The number of carbonyl (C=O) groups excluding carboxylic acids is 2. The van der Waals surface area contributed by atoms with Gasteiger partial charge in [-0.2, -0.15) is 0 Å². The van der Waals surface area contributed by atoms with Crippen LogP contribution in [0.5, 0.6) is 0 Å². The summed E-state index contributed by atoms with van der Waals surface area (Å²) in [6, 6.07) is 41.0. The molecule has 0 bridgehead atoms. The Morgan fingerprint density at radius 3 is 1.00 bits per heavy atom. The fourth-order valence-corrected chi connectivity index (χ4v) is 4.98. The maximum absolute atomic E-state index is 13.8. The molecular formula is C34H24Cl2O2. The topological polar surface area (TPSA) is 34.1 Å². The van der Waals surface area contributed by atoms with Crippen molar-refractivity contribution in [3.05, 3.63) is 177 Å². The van der Waals surface area contributed by atoms with E-state index in [2.05, 4.69) is 0 Å². The van der Waals surface area contributed by atoms with Crippen molar-refractivity contribution in [3.63, 3.8) is 0 Å². The summed E-state index contributed by atoms with van der Waals surface area (Å²) in [5.41, 5.74) is 4.58. The van der Waals surface area contributed by atoms with E-state index in [4.69, 9.17) is 23.2 Å². The molecule has 0 fully saturated rings. The monoisotopic (exact) mass is 534 g/mol. The summed E-state index contributed by atoms with van der Waals surface area (Å²) in [7, 11) is 0. The van der Waals surface area contributed by atoms with Gasteiger partial charge < -0.3 is 0 Å². The van der Waals surface area contributed by atoms with Gasteiger partial charge in [0, 0.05) is 21.2 Å². The van der Waals surface area contributed by atoms with E-state index in [0.717, 1.165) is 22.3 Å². The van der Waals surface area contributed by atoms with E-state index in [1.54, 1.807) is 48.5 Å². The molecule has 0 aliphatic heterocycles. The molecule has 2 unspecified atom stereocenters. The molecule has 5 aromatic rings. The van der Waals surface area contributed by atoms with Gasteiger partial charge in [-0.3, -0.25) is 9.59 Å². The van der Waals surface area contributed by atoms with Crippen LogP contribution < -0.4 is 0 Å². The van der Waals surface area contributed by atoms with Crippen LogP contribution in [0.1, 0.15) is 54.8 Å². The van der Waals surface area contributed by atoms with E-state index >= 15 is 0 Å². The van der Waals surface area contributed by atoms with Crippen molar-refractivity contribution >= 4 is 34.8 Å². The first-order chi connectivity index (χ1) is 18.5. The van der Waals surface area contributed by atoms with Crippen molar-refractivity contribution in [2.24, 2.45) is 0 Å². The van der Waals surface area contributed by atoms with Gasteiger partial charge in [0.2, 0.25) is 0 Å². The fourth-order valence-electron chi connectivity index (χ4n) is 4.72. The average molecular weight is 535 g/mol. The molecule has 38 heavy (non-hydrogen) atoms. The number of carbonyl (C=O) groups is 2. The lowest BCUT2D eigenvalue weighted by Gasteiger charge is -2.19. The number of rotatable bonds is 8. The summed E-state index contributed by atoms with van der Waals surface area (Å²) in [5.74, 6) is -1.06. The van der Waals surface area contributed by atoms with Gasteiger partial charge in [-0.15, -0.1) is 0 Å². The van der Waals surface area contributed by atoms with Crippen LogP contribution in [-0.4, -0.2) is 11.6 Å². The third-order valence-electron chi connectivity index (χ3n) is 6.65. The van der Waals surface area contributed by atoms with Crippen molar-refractivity contribution in [3.8, 4) is 0 Å². The standard InChI is InChI=1S/C34H24Cl2O2/c35-29-19-15-25(16-20-29)31(23-7-3-1-4-8-23)33(37)27-11-13-28(14-12-27)34(38)32(24-9-5-2-6-10-24)26-17-21-30(36)22-18-26/h1-22,31-32H. The summed E-state index contributed by atoms with van der Waals surface area (Å²) in [6.07, 6.45) is 0. The number of hydrogen-bond acceptors (Lipinski definition) is 2. The van der Waals surface area contributed by atoms with Crippen LogP contribution in [0.2, 0.25) is 10.0 Å². The molecule has 0 radical (unpaired) electrons. The Kier molecular flexibility index (Phi) is 7.83. The van der Waals surface area contributed by atoms with Gasteiger partial charge in [0.1, 0.15) is 0 Å². The van der Waals surface area contributed by atoms with E-state index in [1.807, 2.05) is 84.9 Å². The smallest absolute Gasteiger partial charge is 0.174 e. The van der Waals surface area contributed by atoms with Gasteiger partial charge in [0.05, 0.1) is 11.8 Å². The number of hydrogen-bond donors (Lipinski definition) is 0. The van der Waals surface area contributed by atoms with Crippen LogP contribution >= 0.6 is 23.2 Å². The normalized spacial score (nSPS) is 12.5. The molecule has 0 saturated carbocycles. The van der Waals surface area contributed by atoms with Crippen LogP contribution in [0.4, 0.5) is 0 Å². The maximum atomic E-state index is 13.8. The van der Waals surface area contributed by atoms with Gasteiger partial charge in [-0.1, -0.05) is 132 Å². The maximum Gasteiger partial charge on any atom is 0.174 e. The lowest BCUT2D eigenvalue weighted by Crippen LogP contribution is -2.16. The molecule has 0 spiro atoms. The SMILES string of the molecule is O=C(c1ccc(C(=O)C(c2ccccc2)c2ccc(Cl)cc2)cc1)C(c1ccccc1)c1ccc(Cl)cc1. The zero-order valence-electron chi connectivity index (χ0n) is 20.4. The third kappa shape index (κ3) is 5.62. The number of halogens is 2. The highest BCUT2D eigenvalue weighted by atomic mass is 35.5. The van der Waals surface area contributed by atoms with Crippen LogP contribution in [0.15, 0.2) is 133 Å². The molecule has 5 aromatic carbocycles. The summed E-state index contributed by atoms with van der Waals surface area (Å²) >= 11 is 12.2. The Morgan fingerprint density at radius 2 is 0.684 bits per heavy atom. The molecule has 0 aliphatic rings. The minimum atomic E-state index is -0.485. The number of Topliss-reactive ketones (excluding diaryl/α,β-unsaturated/α-hetero) is 2. The molecule has 2 atom stereocenters. The second-order valence-corrected chi connectivity index (χ2v) is 9.97. The molecule has 0 heterocycles. The molecule has 0 amide bonds. The Hall–Kier alpha value is -3.98. The lowest BCUT2D eigenvalue weighted by molar-refractivity contribution is 0.0962. The van der Waals surface area contributed by atoms with Gasteiger partial charge >= 0.3 is 0 Å². The van der Waals surface area contributed by atoms with E-state index in [-0.39, 0.29) is 11.6 Å². The van der Waals surface area contributed by atoms with Crippen molar-refractivity contribution in [2.45, 2.75) is 11.8 Å². The van der Waals surface area contributed by atoms with Crippen molar-refractivity contribution in [1.82, 2.24) is 0 Å². The summed E-state index contributed by atoms with van der Waals surface area (Å²) in [5, 5.41) is 1.23. The van der Waals surface area contributed by atoms with E-state index in [1.165, 1.54) is 0 Å². The highest BCUT2D eigenvalue weighted by Gasteiger charge is 2.26. The second-order valence-electron chi connectivity index (χ2n) is 9.10. The largest absolute Gasteiger partial charge is 0.293 e. The third-order valence-corrected chi connectivity index (χ3v) is 7.15. The Labute approximate surface area is 232 Å². The first-order valence-corrected chi connectivity index (χ1v) is 13.1. The molecule has 186 valence electrons. The molecule has 4 heteroatoms. The fraction of sp³-hybridized carbons (Fsp3) is 0.0588. The van der Waals surface area contributed by atoms with Gasteiger partial charge in [0.25, 0.3) is 0 Å². The Bertz CT molecular complexity index is 1410.